The predicted molar refractivity (Wildman–Crippen MR) is 47.4 cm³/mol. The van der Waals surface area contributed by atoms with Crippen molar-refractivity contribution in [2.45, 2.75) is 24.4 Å². The van der Waals surface area contributed by atoms with Crippen LogP contribution in [0.2, 0.25) is 0 Å². The lowest BCUT2D eigenvalue weighted by Gasteiger charge is -2.32. The fourth-order valence-electron chi connectivity index (χ4n) is 1.39. The van der Waals surface area contributed by atoms with E-state index in [0.29, 0.717) is 12.1 Å². The highest BCUT2D eigenvalue weighted by molar-refractivity contribution is 5.31. The Balaban J connectivity index is 3.48. The summed E-state index contributed by atoms with van der Waals surface area (Å²) in [4.78, 5) is 0. The minimum absolute atomic E-state index is 0.0222. The number of hydrogen-bond acceptors (Lipinski definition) is 1. The topological polar surface area (TPSA) is 20.2 Å². The average molecular weight is 294 g/mol. The SMILES string of the molecule is OC(c1cccc(C(F)F)c1)(C(F)(F)F)C(F)(F)F. The Morgan fingerprint density at radius 2 is 1.37 bits per heavy atom. The second kappa shape index (κ2) is 4.62. The Morgan fingerprint density at radius 3 is 1.74 bits per heavy atom. The van der Waals surface area contributed by atoms with Gasteiger partial charge in [-0.25, -0.2) is 8.78 Å². The van der Waals surface area contributed by atoms with Gasteiger partial charge in [-0.15, -0.1) is 0 Å². The Bertz CT molecular complexity index is 434. The molecule has 1 aromatic carbocycles. The van der Waals surface area contributed by atoms with Crippen molar-refractivity contribution in [3.63, 3.8) is 0 Å². The van der Waals surface area contributed by atoms with Gasteiger partial charge in [-0.05, 0) is 6.07 Å². The molecule has 0 bridgehead atoms. The normalized spacial score (nSPS) is 14.0. The van der Waals surface area contributed by atoms with Crippen molar-refractivity contribution in [2.24, 2.45) is 0 Å². The Morgan fingerprint density at radius 1 is 0.895 bits per heavy atom. The van der Waals surface area contributed by atoms with E-state index in [1.54, 1.807) is 0 Å². The van der Waals surface area contributed by atoms with Crippen LogP contribution in [0.1, 0.15) is 17.6 Å². The van der Waals surface area contributed by atoms with E-state index in [-0.39, 0.29) is 12.1 Å². The molecule has 1 rings (SSSR count). The first kappa shape index (κ1) is 15.7. The molecule has 0 heterocycles. The van der Waals surface area contributed by atoms with Crippen LogP contribution in [-0.2, 0) is 5.60 Å². The summed E-state index contributed by atoms with van der Waals surface area (Å²) in [5, 5.41) is 8.97. The third-order valence-corrected chi connectivity index (χ3v) is 2.38. The van der Waals surface area contributed by atoms with Gasteiger partial charge in [0.2, 0.25) is 0 Å². The van der Waals surface area contributed by atoms with Crippen molar-refractivity contribution in [3.05, 3.63) is 35.4 Å². The molecule has 0 saturated carbocycles. The van der Waals surface area contributed by atoms with E-state index in [0.717, 1.165) is 0 Å². The van der Waals surface area contributed by atoms with Gasteiger partial charge in [0.15, 0.2) is 0 Å². The smallest absolute Gasteiger partial charge is 0.369 e. The summed E-state index contributed by atoms with van der Waals surface area (Å²) >= 11 is 0. The molecule has 0 atom stereocenters. The zero-order chi connectivity index (χ0) is 15.1. The van der Waals surface area contributed by atoms with Gasteiger partial charge in [-0.3, -0.25) is 0 Å². The Labute approximate surface area is 101 Å². The lowest BCUT2D eigenvalue weighted by molar-refractivity contribution is -0.376. The number of rotatable bonds is 2. The van der Waals surface area contributed by atoms with E-state index in [4.69, 9.17) is 5.11 Å². The van der Waals surface area contributed by atoms with E-state index >= 15 is 0 Å². The first-order chi connectivity index (χ1) is 8.41. The quantitative estimate of drug-likeness (QED) is 0.819. The van der Waals surface area contributed by atoms with E-state index < -0.39 is 35.5 Å². The molecule has 1 aromatic rings. The van der Waals surface area contributed by atoms with Gasteiger partial charge >= 0.3 is 12.4 Å². The zero-order valence-corrected chi connectivity index (χ0v) is 8.86. The van der Waals surface area contributed by atoms with Gasteiger partial charge in [-0.1, -0.05) is 18.2 Å². The van der Waals surface area contributed by atoms with E-state index in [1.165, 1.54) is 0 Å². The van der Waals surface area contributed by atoms with Crippen LogP contribution >= 0.6 is 0 Å². The van der Waals surface area contributed by atoms with Crippen molar-refractivity contribution >= 4 is 0 Å². The number of alkyl halides is 8. The summed E-state index contributed by atoms with van der Waals surface area (Å²) in [5.74, 6) is 0. The average Bonchev–Trinajstić information content (AvgIpc) is 2.25. The standard InChI is InChI=1S/C10H6F8O/c11-7(12)5-2-1-3-6(4-5)8(19,9(13,14)15)10(16,17)18/h1-4,7,19H. The minimum atomic E-state index is -6.09. The number of hydrogen-bond donors (Lipinski definition) is 1. The fraction of sp³-hybridized carbons (Fsp3) is 0.400. The van der Waals surface area contributed by atoms with Crippen LogP contribution in [-0.4, -0.2) is 17.5 Å². The lowest BCUT2D eigenvalue weighted by Crippen LogP contribution is -2.53. The molecule has 1 N–H and O–H groups in total. The molecule has 0 radical (unpaired) electrons. The highest BCUT2D eigenvalue weighted by Gasteiger charge is 2.71. The molecule has 1 nitrogen and oxygen atoms in total. The highest BCUT2D eigenvalue weighted by Crippen LogP contribution is 2.50. The molecule has 0 aliphatic carbocycles. The van der Waals surface area contributed by atoms with Crippen LogP contribution in [0.5, 0.6) is 0 Å². The third-order valence-electron chi connectivity index (χ3n) is 2.38. The second-order valence-electron chi connectivity index (χ2n) is 3.63. The second-order valence-corrected chi connectivity index (χ2v) is 3.63. The van der Waals surface area contributed by atoms with Gasteiger partial charge in [0.1, 0.15) is 0 Å². The molecule has 9 heteroatoms. The van der Waals surface area contributed by atoms with E-state index in [2.05, 4.69) is 0 Å². The summed E-state index contributed by atoms with van der Waals surface area (Å²) in [6.45, 7) is 0. The van der Waals surface area contributed by atoms with Crippen LogP contribution < -0.4 is 0 Å². The fourth-order valence-corrected chi connectivity index (χ4v) is 1.39. The maximum absolute atomic E-state index is 12.5. The Kier molecular flexibility index (Phi) is 3.81. The molecule has 0 fully saturated rings. The summed E-state index contributed by atoms with van der Waals surface area (Å²) < 4.78 is 99.3. The lowest BCUT2D eigenvalue weighted by atomic mass is 9.91. The van der Waals surface area contributed by atoms with Gasteiger partial charge in [-0.2, -0.15) is 26.3 Å². The van der Waals surface area contributed by atoms with Gasteiger partial charge in [0, 0.05) is 11.1 Å². The van der Waals surface area contributed by atoms with Gasteiger partial charge in [0.05, 0.1) is 0 Å². The molecule has 0 aliphatic heterocycles. The van der Waals surface area contributed by atoms with Crippen molar-refractivity contribution in [1.29, 1.82) is 0 Å². The molecule has 0 unspecified atom stereocenters. The molecular weight excluding hydrogens is 288 g/mol. The largest absolute Gasteiger partial charge is 0.430 e. The number of halogens is 8. The molecule has 0 aliphatic rings. The maximum atomic E-state index is 12.5. The van der Waals surface area contributed by atoms with Crippen molar-refractivity contribution in [3.8, 4) is 0 Å². The van der Waals surface area contributed by atoms with Crippen LogP contribution in [0, 0.1) is 0 Å². The summed E-state index contributed by atoms with van der Waals surface area (Å²) in [6.07, 6.45) is -15.4. The molecule has 0 spiro atoms. The molecule has 19 heavy (non-hydrogen) atoms. The summed E-state index contributed by atoms with van der Waals surface area (Å²) in [7, 11) is 0. The Hall–Kier alpha value is -1.38. The van der Waals surface area contributed by atoms with Gasteiger partial charge in [0.25, 0.3) is 12.0 Å². The van der Waals surface area contributed by atoms with Crippen LogP contribution in [0.4, 0.5) is 35.1 Å². The van der Waals surface area contributed by atoms with Crippen LogP contribution in [0.3, 0.4) is 0 Å². The summed E-state index contributed by atoms with van der Waals surface area (Å²) in [5.41, 5.74) is -7.94. The molecule has 0 aromatic heterocycles. The van der Waals surface area contributed by atoms with Crippen molar-refractivity contribution < 1.29 is 40.2 Å². The minimum Gasteiger partial charge on any atom is -0.369 e. The first-order valence-corrected chi connectivity index (χ1v) is 4.65. The van der Waals surface area contributed by atoms with Crippen molar-refractivity contribution in [2.75, 3.05) is 0 Å². The predicted octanol–water partition coefficient (Wildman–Crippen LogP) is 3.94. The first-order valence-electron chi connectivity index (χ1n) is 4.65. The van der Waals surface area contributed by atoms with Gasteiger partial charge < -0.3 is 5.11 Å². The third kappa shape index (κ3) is 2.65. The number of benzene rings is 1. The summed E-state index contributed by atoms with van der Waals surface area (Å²) in [6, 6.07) is 1.50. The highest BCUT2D eigenvalue weighted by atomic mass is 19.4. The van der Waals surface area contributed by atoms with E-state index in [1.807, 2.05) is 0 Å². The van der Waals surface area contributed by atoms with E-state index in [9.17, 15) is 35.1 Å². The maximum Gasteiger partial charge on any atom is 0.430 e. The van der Waals surface area contributed by atoms with Crippen LogP contribution in [0.25, 0.3) is 0 Å². The molecule has 0 saturated heterocycles. The molecule has 0 amide bonds. The van der Waals surface area contributed by atoms with Crippen LogP contribution in [0.15, 0.2) is 24.3 Å². The van der Waals surface area contributed by atoms with Crippen molar-refractivity contribution in [1.82, 2.24) is 0 Å². The monoisotopic (exact) mass is 294 g/mol. The molecular formula is C10H6F8O. The zero-order valence-electron chi connectivity index (χ0n) is 8.86. The number of aliphatic hydroxyl groups is 1. The molecule has 108 valence electrons.